The van der Waals surface area contributed by atoms with Crippen molar-refractivity contribution in [2.45, 2.75) is 32.1 Å². The highest BCUT2D eigenvalue weighted by Crippen LogP contribution is 2.36. The van der Waals surface area contributed by atoms with Crippen LogP contribution < -0.4 is 0 Å². The molecule has 0 radical (unpaired) electrons. The van der Waals surface area contributed by atoms with Crippen molar-refractivity contribution >= 4 is 44.9 Å². The van der Waals surface area contributed by atoms with E-state index in [1.165, 1.54) is 24.2 Å². The molecule has 1 saturated heterocycles. The van der Waals surface area contributed by atoms with Crippen LogP contribution in [0.5, 0.6) is 5.75 Å². The fourth-order valence-electron chi connectivity index (χ4n) is 3.07. The average molecular weight is 396 g/mol. The van der Waals surface area contributed by atoms with Gasteiger partial charge in [0, 0.05) is 16.6 Å². The molecule has 1 N–H and O–H groups in total. The molecule has 0 atom stereocenters. The van der Waals surface area contributed by atoms with E-state index in [1.807, 2.05) is 0 Å². The van der Waals surface area contributed by atoms with E-state index in [2.05, 4.69) is 15.9 Å². The van der Waals surface area contributed by atoms with E-state index in [1.54, 1.807) is 24.3 Å². The summed E-state index contributed by atoms with van der Waals surface area (Å²) in [5.74, 6) is 0.271. The van der Waals surface area contributed by atoms with Crippen LogP contribution in [0.1, 0.15) is 37.7 Å². The van der Waals surface area contributed by atoms with Gasteiger partial charge in [-0.2, -0.15) is 0 Å². The second-order valence-electron chi connectivity index (χ2n) is 6.00. The number of nitrogens with zero attached hydrogens (tertiary/aromatic N) is 1. The van der Waals surface area contributed by atoms with E-state index in [4.69, 9.17) is 0 Å². The lowest BCUT2D eigenvalue weighted by Crippen LogP contribution is -2.34. The minimum absolute atomic E-state index is 0.0901. The maximum atomic E-state index is 12.5. The summed E-state index contributed by atoms with van der Waals surface area (Å²) in [5.41, 5.74) is 0.530. The zero-order chi connectivity index (χ0) is 16.4. The molecule has 2 aliphatic rings. The van der Waals surface area contributed by atoms with Crippen LogP contribution in [0.25, 0.3) is 6.08 Å². The molecular weight excluding hydrogens is 378 g/mol. The Hall–Kier alpha value is -1.27. The fourth-order valence-corrected chi connectivity index (χ4v) is 4.29. The van der Waals surface area contributed by atoms with Gasteiger partial charge in [-0.1, -0.05) is 35.2 Å². The molecule has 0 unspecified atom stereocenters. The highest BCUT2D eigenvalue weighted by molar-refractivity contribution is 9.10. The Morgan fingerprint density at radius 2 is 2.00 bits per heavy atom. The molecule has 122 valence electrons. The molecule has 4 nitrogen and oxygen atoms in total. The topological polar surface area (TPSA) is 57.6 Å². The number of carbonyl (C=O) groups excluding carboxylic acids is 2. The van der Waals surface area contributed by atoms with Crippen LogP contribution in [-0.2, 0) is 4.79 Å². The van der Waals surface area contributed by atoms with E-state index in [-0.39, 0.29) is 16.9 Å². The Kier molecular flexibility index (Phi) is 5.11. The summed E-state index contributed by atoms with van der Waals surface area (Å²) in [6.07, 6.45) is 7.39. The van der Waals surface area contributed by atoms with E-state index < -0.39 is 0 Å². The lowest BCUT2D eigenvalue weighted by atomic mass is 9.89. The van der Waals surface area contributed by atoms with Crippen molar-refractivity contribution in [3.8, 4) is 5.75 Å². The van der Waals surface area contributed by atoms with Crippen LogP contribution in [0.2, 0.25) is 0 Å². The molecule has 1 aromatic carbocycles. The SMILES string of the molecule is O=C1S/C(=C/c2cc(Br)ccc2O)C(=O)N1CC1CCCCC1. The Labute approximate surface area is 148 Å². The molecule has 0 spiro atoms. The molecule has 3 rings (SSSR count). The third-order valence-corrected chi connectivity index (χ3v) is 5.72. The number of phenolic OH excluding ortho intramolecular Hbond substituents is 1. The number of hydrogen-bond donors (Lipinski definition) is 1. The van der Waals surface area contributed by atoms with Crippen LogP contribution in [0.4, 0.5) is 4.79 Å². The average Bonchev–Trinajstić information content (AvgIpc) is 2.80. The normalized spacial score (nSPS) is 21.4. The second kappa shape index (κ2) is 7.09. The maximum absolute atomic E-state index is 12.5. The first-order valence-electron chi connectivity index (χ1n) is 7.78. The molecule has 2 fully saturated rings. The monoisotopic (exact) mass is 395 g/mol. The van der Waals surface area contributed by atoms with Crippen molar-refractivity contribution in [2.75, 3.05) is 6.54 Å². The molecule has 1 saturated carbocycles. The first-order valence-corrected chi connectivity index (χ1v) is 9.39. The van der Waals surface area contributed by atoms with Gasteiger partial charge in [0.05, 0.1) is 4.91 Å². The van der Waals surface area contributed by atoms with Gasteiger partial charge in [-0.05, 0) is 54.8 Å². The van der Waals surface area contributed by atoms with Gasteiger partial charge >= 0.3 is 0 Å². The van der Waals surface area contributed by atoms with Crippen molar-refractivity contribution in [3.05, 3.63) is 33.1 Å². The Morgan fingerprint density at radius 1 is 1.26 bits per heavy atom. The van der Waals surface area contributed by atoms with E-state index in [0.29, 0.717) is 22.9 Å². The summed E-state index contributed by atoms with van der Waals surface area (Å²) in [6.45, 7) is 0.520. The number of thioether (sulfide) groups is 1. The van der Waals surface area contributed by atoms with E-state index in [9.17, 15) is 14.7 Å². The first kappa shape index (κ1) is 16.6. The van der Waals surface area contributed by atoms with Crippen LogP contribution in [0.3, 0.4) is 0 Å². The number of benzene rings is 1. The fraction of sp³-hybridized carbons (Fsp3) is 0.412. The van der Waals surface area contributed by atoms with Gasteiger partial charge in [0.2, 0.25) is 0 Å². The summed E-state index contributed by atoms with van der Waals surface area (Å²) >= 11 is 4.29. The third-order valence-electron chi connectivity index (χ3n) is 4.32. The van der Waals surface area contributed by atoms with E-state index >= 15 is 0 Å². The molecule has 1 aliphatic carbocycles. The number of amides is 2. The van der Waals surface area contributed by atoms with Gasteiger partial charge in [0.1, 0.15) is 5.75 Å². The summed E-state index contributed by atoms with van der Waals surface area (Å²) in [5, 5.41) is 9.68. The quantitative estimate of drug-likeness (QED) is 0.748. The number of rotatable bonds is 3. The van der Waals surface area contributed by atoms with Crippen molar-refractivity contribution < 1.29 is 14.7 Å². The lowest BCUT2D eigenvalue weighted by molar-refractivity contribution is -0.123. The minimum atomic E-state index is -0.245. The predicted molar refractivity (Wildman–Crippen MR) is 95.1 cm³/mol. The molecular formula is C17H18BrNO3S. The molecule has 1 heterocycles. The first-order chi connectivity index (χ1) is 11.0. The molecule has 2 amide bonds. The summed E-state index contributed by atoms with van der Waals surface area (Å²) in [7, 11) is 0. The lowest BCUT2D eigenvalue weighted by Gasteiger charge is -2.25. The molecule has 6 heteroatoms. The minimum Gasteiger partial charge on any atom is -0.507 e. The zero-order valence-electron chi connectivity index (χ0n) is 12.6. The standard InChI is InChI=1S/C17H18BrNO3S/c18-13-6-7-14(20)12(8-13)9-15-16(21)19(17(22)23-15)10-11-4-2-1-3-5-11/h6-9,11,20H,1-5,10H2/b15-9+. The largest absolute Gasteiger partial charge is 0.507 e. The molecule has 1 aromatic rings. The van der Waals surface area contributed by atoms with Gasteiger partial charge in [0.15, 0.2) is 0 Å². The highest BCUT2D eigenvalue weighted by atomic mass is 79.9. The van der Waals surface area contributed by atoms with Crippen molar-refractivity contribution in [3.63, 3.8) is 0 Å². The van der Waals surface area contributed by atoms with Gasteiger partial charge in [-0.3, -0.25) is 14.5 Å². The van der Waals surface area contributed by atoms with Crippen molar-refractivity contribution in [2.24, 2.45) is 5.92 Å². The second-order valence-corrected chi connectivity index (χ2v) is 7.91. The van der Waals surface area contributed by atoms with Crippen LogP contribution in [0, 0.1) is 5.92 Å². The summed E-state index contributed by atoms with van der Waals surface area (Å²) in [6, 6.07) is 5.01. The van der Waals surface area contributed by atoms with Gasteiger partial charge in [0.25, 0.3) is 11.1 Å². The Balaban J connectivity index is 1.77. The molecule has 0 aromatic heterocycles. The van der Waals surface area contributed by atoms with Crippen LogP contribution in [0.15, 0.2) is 27.6 Å². The highest BCUT2D eigenvalue weighted by Gasteiger charge is 2.36. The summed E-state index contributed by atoms with van der Waals surface area (Å²) < 4.78 is 0.808. The van der Waals surface area contributed by atoms with Gasteiger partial charge < -0.3 is 5.11 Å². The number of aromatic hydroxyl groups is 1. The van der Waals surface area contributed by atoms with Crippen molar-refractivity contribution in [1.29, 1.82) is 0 Å². The number of imide groups is 1. The Bertz CT molecular complexity index is 668. The number of halogens is 1. The number of phenols is 1. The van der Waals surface area contributed by atoms with Crippen molar-refractivity contribution in [1.82, 2.24) is 4.90 Å². The molecule has 0 bridgehead atoms. The number of carbonyl (C=O) groups is 2. The van der Waals surface area contributed by atoms with Gasteiger partial charge in [-0.25, -0.2) is 0 Å². The molecule has 1 aliphatic heterocycles. The Morgan fingerprint density at radius 3 is 2.74 bits per heavy atom. The van der Waals surface area contributed by atoms with Gasteiger partial charge in [-0.15, -0.1) is 0 Å². The smallest absolute Gasteiger partial charge is 0.293 e. The van der Waals surface area contributed by atoms with Crippen LogP contribution in [-0.4, -0.2) is 27.7 Å². The molecule has 23 heavy (non-hydrogen) atoms. The predicted octanol–water partition coefficient (Wildman–Crippen LogP) is 4.77. The number of hydrogen-bond acceptors (Lipinski definition) is 4. The zero-order valence-corrected chi connectivity index (χ0v) is 15.0. The summed E-state index contributed by atoms with van der Waals surface area (Å²) in [4.78, 5) is 26.4. The maximum Gasteiger partial charge on any atom is 0.293 e. The van der Waals surface area contributed by atoms with E-state index in [0.717, 1.165) is 29.1 Å². The third kappa shape index (κ3) is 3.80. The van der Waals surface area contributed by atoms with Crippen LogP contribution >= 0.6 is 27.7 Å².